The lowest BCUT2D eigenvalue weighted by Gasteiger charge is -2.31. The number of nitrogens with zero attached hydrogens (tertiary/aromatic N) is 3. The Morgan fingerprint density at radius 1 is 1.30 bits per heavy atom. The Kier molecular flexibility index (Phi) is 5.91. The van der Waals surface area contributed by atoms with Crippen LogP contribution in [0.4, 0.5) is 4.39 Å². The van der Waals surface area contributed by atoms with E-state index in [1.807, 2.05) is 6.92 Å². The van der Waals surface area contributed by atoms with Crippen LogP contribution in [-0.4, -0.2) is 49.5 Å². The molecule has 0 amide bonds. The van der Waals surface area contributed by atoms with Crippen molar-refractivity contribution in [2.45, 2.75) is 24.7 Å². The Morgan fingerprint density at radius 2 is 2.04 bits per heavy atom. The highest BCUT2D eigenvalue weighted by molar-refractivity contribution is 7.89. The van der Waals surface area contributed by atoms with Gasteiger partial charge >= 0.3 is 6.01 Å². The molecule has 27 heavy (non-hydrogen) atoms. The lowest BCUT2D eigenvalue weighted by atomic mass is 10.0. The summed E-state index contributed by atoms with van der Waals surface area (Å²) in [5.74, 6) is -0.675. The van der Waals surface area contributed by atoms with Gasteiger partial charge in [-0.15, -0.1) is 0 Å². The number of aryl methyl sites for hydroxylation is 1. The molecule has 1 aliphatic heterocycles. The molecular weight excluding hydrogens is 373 g/mol. The van der Waals surface area contributed by atoms with Crippen LogP contribution in [0.2, 0.25) is 0 Å². The maximum Gasteiger partial charge on any atom is 0.316 e. The molecule has 0 spiro atoms. The fraction of sp³-hybridized carbons (Fsp3) is 0.444. The zero-order valence-corrected chi connectivity index (χ0v) is 16.1. The zero-order valence-electron chi connectivity index (χ0n) is 15.3. The van der Waals surface area contributed by atoms with Crippen LogP contribution in [0.3, 0.4) is 0 Å². The molecule has 3 rings (SSSR count). The van der Waals surface area contributed by atoms with Crippen LogP contribution in [-0.2, 0) is 10.0 Å². The van der Waals surface area contributed by atoms with E-state index in [-0.39, 0.29) is 22.6 Å². The Morgan fingerprint density at radius 3 is 2.70 bits per heavy atom. The predicted molar refractivity (Wildman–Crippen MR) is 96.7 cm³/mol. The smallest absolute Gasteiger partial charge is 0.316 e. The van der Waals surface area contributed by atoms with Crippen molar-refractivity contribution in [3.8, 4) is 11.8 Å². The second-order valence-electron chi connectivity index (χ2n) is 6.52. The maximum atomic E-state index is 13.9. The lowest BCUT2D eigenvalue weighted by Crippen LogP contribution is -2.41. The summed E-state index contributed by atoms with van der Waals surface area (Å²) < 4.78 is 51.4. The SMILES string of the molecule is COc1ccc(S(=O)(=O)N2CCCC(COc3ncc(C)cn3)C2)cc1F. The van der Waals surface area contributed by atoms with Crippen molar-refractivity contribution in [2.24, 2.45) is 5.92 Å². The molecule has 1 aromatic carbocycles. The van der Waals surface area contributed by atoms with Gasteiger partial charge in [-0.05, 0) is 43.5 Å². The molecule has 7 nitrogen and oxygen atoms in total. The number of hydrogen-bond acceptors (Lipinski definition) is 6. The summed E-state index contributed by atoms with van der Waals surface area (Å²) in [4.78, 5) is 8.09. The predicted octanol–water partition coefficient (Wildman–Crippen LogP) is 2.41. The molecule has 1 aliphatic rings. The van der Waals surface area contributed by atoms with Crippen molar-refractivity contribution in [1.29, 1.82) is 0 Å². The van der Waals surface area contributed by atoms with Gasteiger partial charge in [-0.3, -0.25) is 0 Å². The van der Waals surface area contributed by atoms with Gasteiger partial charge in [0, 0.05) is 31.4 Å². The molecule has 1 atom stereocenters. The van der Waals surface area contributed by atoms with Gasteiger partial charge in [-0.25, -0.2) is 22.8 Å². The fourth-order valence-electron chi connectivity index (χ4n) is 2.99. The number of halogens is 1. The van der Waals surface area contributed by atoms with Gasteiger partial charge in [0.25, 0.3) is 0 Å². The second-order valence-corrected chi connectivity index (χ2v) is 8.46. The molecule has 1 unspecified atom stereocenters. The van der Waals surface area contributed by atoms with Gasteiger partial charge in [0.05, 0.1) is 18.6 Å². The Bertz CT molecular complexity index is 890. The van der Waals surface area contributed by atoms with Crippen LogP contribution >= 0.6 is 0 Å². The minimum Gasteiger partial charge on any atom is -0.494 e. The first-order chi connectivity index (χ1) is 12.9. The highest BCUT2D eigenvalue weighted by atomic mass is 32.2. The summed E-state index contributed by atoms with van der Waals surface area (Å²) in [5.41, 5.74) is 0.934. The molecule has 0 bridgehead atoms. The molecular formula is C18H22FN3O4S. The van der Waals surface area contributed by atoms with Gasteiger partial charge in [-0.2, -0.15) is 4.31 Å². The summed E-state index contributed by atoms with van der Waals surface area (Å²) in [6.07, 6.45) is 4.88. The second kappa shape index (κ2) is 8.18. The number of benzene rings is 1. The first-order valence-corrected chi connectivity index (χ1v) is 10.1. The van der Waals surface area contributed by atoms with Crippen molar-refractivity contribution in [2.75, 3.05) is 26.8 Å². The summed E-state index contributed by atoms with van der Waals surface area (Å²) in [6.45, 7) is 2.91. The Hall–Kier alpha value is -2.26. The summed E-state index contributed by atoms with van der Waals surface area (Å²) in [7, 11) is -2.45. The third-order valence-corrected chi connectivity index (χ3v) is 6.31. The van der Waals surface area contributed by atoms with Crippen LogP contribution in [0.5, 0.6) is 11.8 Å². The average molecular weight is 395 g/mol. The van der Waals surface area contributed by atoms with E-state index in [4.69, 9.17) is 9.47 Å². The first-order valence-electron chi connectivity index (χ1n) is 8.65. The summed E-state index contributed by atoms with van der Waals surface area (Å²) in [5, 5.41) is 0. The van der Waals surface area contributed by atoms with E-state index < -0.39 is 15.8 Å². The first kappa shape index (κ1) is 19.5. The molecule has 1 fully saturated rings. The van der Waals surface area contributed by atoms with Gasteiger partial charge < -0.3 is 9.47 Å². The Labute approximate surface area is 158 Å². The van der Waals surface area contributed by atoms with Crippen molar-refractivity contribution in [3.05, 3.63) is 42.0 Å². The third kappa shape index (κ3) is 4.54. The highest BCUT2D eigenvalue weighted by Gasteiger charge is 2.31. The normalized spacial score (nSPS) is 18.3. The van der Waals surface area contributed by atoms with Crippen molar-refractivity contribution in [1.82, 2.24) is 14.3 Å². The molecule has 146 valence electrons. The number of ether oxygens (including phenoxy) is 2. The van der Waals surface area contributed by atoms with E-state index in [2.05, 4.69) is 9.97 Å². The number of aromatic nitrogens is 2. The largest absolute Gasteiger partial charge is 0.494 e. The van der Waals surface area contributed by atoms with E-state index in [0.29, 0.717) is 26.1 Å². The monoisotopic (exact) mass is 395 g/mol. The van der Waals surface area contributed by atoms with Gasteiger partial charge in [0.1, 0.15) is 0 Å². The fourth-order valence-corrected chi connectivity index (χ4v) is 4.55. The minimum atomic E-state index is -3.78. The standard InChI is InChI=1S/C18H22FN3O4S/c1-13-9-20-18(21-10-13)26-12-14-4-3-7-22(11-14)27(23,24)15-5-6-17(25-2)16(19)8-15/h5-6,8-10,14H,3-4,7,11-12H2,1-2H3. The molecule has 0 radical (unpaired) electrons. The van der Waals surface area contributed by atoms with E-state index in [9.17, 15) is 12.8 Å². The molecule has 2 heterocycles. The van der Waals surface area contributed by atoms with Gasteiger partial charge in [-0.1, -0.05) is 0 Å². The zero-order chi connectivity index (χ0) is 19.4. The quantitative estimate of drug-likeness (QED) is 0.747. The number of hydrogen-bond donors (Lipinski definition) is 0. The van der Waals surface area contributed by atoms with E-state index in [1.165, 1.54) is 23.5 Å². The number of sulfonamides is 1. The molecule has 2 aromatic rings. The van der Waals surface area contributed by atoms with Crippen LogP contribution in [0.25, 0.3) is 0 Å². The van der Waals surface area contributed by atoms with E-state index in [1.54, 1.807) is 12.4 Å². The number of rotatable bonds is 6. The minimum absolute atomic E-state index is 0.0111. The Balaban J connectivity index is 1.67. The molecule has 1 aromatic heterocycles. The maximum absolute atomic E-state index is 13.9. The van der Waals surface area contributed by atoms with Crippen molar-refractivity contribution in [3.63, 3.8) is 0 Å². The lowest BCUT2D eigenvalue weighted by molar-refractivity contribution is 0.171. The van der Waals surface area contributed by atoms with Gasteiger partial charge in [0.15, 0.2) is 11.6 Å². The molecule has 0 aliphatic carbocycles. The van der Waals surface area contributed by atoms with E-state index in [0.717, 1.165) is 18.1 Å². The summed E-state index contributed by atoms with van der Waals surface area (Å²) >= 11 is 0. The van der Waals surface area contributed by atoms with E-state index >= 15 is 0 Å². The van der Waals surface area contributed by atoms with Crippen LogP contribution in [0, 0.1) is 18.7 Å². The average Bonchev–Trinajstić information content (AvgIpc) is 2.67. The topological polar surface area (TPSA) is 81.6 Å². The molecule has 0 saturated carbocycles. The van der Waals surface area contributed by atoms with Crippen molar-refractivity contribution >= 4 is 10.0 Å². The third-order valence-electron chi connectivity index (χ3n) is 4.45. The van der Waals surface area contributed by atoms with Gasteiger partial charge in [0.2, 0.25) is 10.0 Å². The van der Waals surface area contributed by atoms with Crippen LogP contribution < -0.4 is 9.47 Å². The number of piperidine rings is 1. The molecule has 1 saturated heterocycles. The van der Waals surface area contributed by atoms with Crippen molar-refractivity contribution < 1.29 is 22.3 Å². The molecule has 9 heteroatoms. The number of methoxy groups -OCH3 is 1. The van der Waals surface area contributed by atoms with Crippen LogP contribution in [0.1, 0.15) is 18.4 Å². The summed E-state index contributed by atoms with van der Waals surface area (Å²) in [6, 6.07) is 3.95. The highest BCUT2D eigenvalue weighted by Crippen LogP contribution is 2.27. The molecule has 0 N–H and O–H groups in total. The van der Waals surface area contributed by atoms with Crippen LogP contribution in [0.15, 0.2) is 35.5 Å².